The Bertz CT molecular complexity index is 1090. The molecule has 1 aliphatic heterocycles. The van der Waals surface area contributed by atoms with Crippen LogP contribution in [0.1, 0.15) is 93.6 Å². The summed E-state index contributed by atoms with van der Waals surface area (Å²) in [4.78, 5) is 39.7. The lowest BCUT2D eigenvalue weighted by molar-refractivity contribution is -0.183. The highest BCUT2D eigenvalue weighted by molar-refractivity contribution is 6.45. The zero-order chi connectivity index (χ0) is 30.1. The van der Waals surface area contributed by atoms with Crippen LogP contribution in [0.25, 0.3) is 0 Å². The fraction of sp³-hybridized carbons (Fsp3) is 0.700. The van der Waals surface area contributed by atoms with Gasteiger partial charge < -0.3 is 24.7 Å². The molecule has 1 aromatic rings. The molecule has 2 aliphatic rings. The third kappa shape index (κ3) is 7.21. The number of hydrogen-bond acceptors (Lipinski definition) is 6. The first-order valence-corrected chi connectivity index (χ1v) is 14.6. The molecule has 1 heterocycles. The van der Waals surface area contributed by atoms with E-state index in [0.29, 0.717) is 30.6 Å². The summed E-state index contributed by atoms with van der Waals surface area (Å²) in [7, 11) is -0.363. The van der Waals surface area contributed by atoms with Crippen molar-refractivity contribution in [2.24, 2.45) is 5.92 Å². The number of ether oxygens (including phenoxy) is 1. The van der Waals surface area contributed by atoms with Crippen molar-refractivity contribution in [3.05, 3.63) is 34.9 Å². The van der Waals surface area contributed by atoms with Crippen molar-refractivity contribution in [3.63, 3.8) is 0 Å². The van der Waals surface area contributed by atoms with E-state index in [-0.39, 0.29) is 31.3 Å². The van der Waals surface area contributed by atoms with Gasteiger partial charge in [-0.25, -0.2) is 0 Å². The molecule has 2 amide bonds. The van der Waals surface area contributed by atoms with Gasteiger partial charge in [-0.1, -0.05) is 30.2 Å². The first kappa shape index (κ1) is 32.4. The topological polar surface area (TPSA) is 103 Å². The van der Waals surface area contributed by atoms with Gasteiger partial charge in [-0.2, -0.15) is 0 Å². The van der Waals surface area contributed by atoms with Crippen LogP contribution in [0.15, 0.2) is 24.3 Å². The molecule has 3 atom stereocenters. The molecular formula is C30H46BClN2O6. The van der Waals surface area contributed by atoms with Crippen LogP contribution in [0.3, 0.4) is 0 Å². The summed E-state index contributed by atoms with van der Waals surface area (Å²) in [6, 6.07) is 7.25. The van der Waals surface area contributed by atoms with Crippen LogP contribution in [0.2, 0.25) is 11.3 Å². The predicted molar refractivity (Wildman–Crippen MR) is 157 cm³/mol. The minimum Gasteiger partial charge on any atom is -0.456 e. The molecule has 3 unspecified atom stereocenters. The minimum absolute atomic E-state index is 0.0468. The highest BCUT2D eigenvalue weighted by atomic mass is 35.5. The summed E-state index contributed by atoms with van der Waals surface area (Å²) in [5.41, 5.74) is -3.41. The lowest BCUT2D eigenvalue weighted by atomic mass is 9.60. The zero-order valence-electron chi connectivity index (χ0n) is 25.5. The van der Waals surface area contributed by atoms with Gasteiger partial charge in [-0.05, 0) is 97.7 Å². The quantitative estimate of drug-likeness (QED) is 0.323. The number of rotatable bonds is 8. The van der Waals surface area contributed by atoms with Gasteiger partial charge in [0.05, 0.1) is 11.2 Å². The summed E-state index contributed by atoms with van der Waals surface area (Å²) >= 11 is 6.14. The van der Waals surface area contributed by atoms with Crippen LogP contribution in [-0.2, 0) is 34.9 Å². The van der Waals surface area contributed by atoms with Crippen LogP contribution in [0.5, 0.6) is 0 Å². The van der Waals surface area contributed by atoms with E-state index < -0.39 is 33.9 Å². The van der Waals surface area contributed by atoms with E-state index >= 15 is 0 Å². The van der Waals surface area contributed by atoms with Crippen molar-refractivity contribution < 1.29 is 28.4 Å². The molecule has 0 bridgehead atoms. The molecule has 1 aliphatic carbocycles. The Morgan fingerprint density at radius 3 is 2.12 bits per heavy atom. The maximum absolute atomic E-state index is 14.3. The van der Waals surface area contributed by atoms with E-state index in [1.54, 1.807) is 12.1 Å². The Morgan fingerprint density at radius 1 is 1.05 bits per heavy atom. The van der Waals surface area contributed by atoms with Gasteiger partial charge in [0.25, 0.3) is 0 Å². The zero-order valence-corrected chi connectivity index (χ0v) is 26.3. The standard InChI is InChI=1S/C30H46BClN2O6/c1-20(35)33-30(25(37)34-26(3,4)5)19-23(15-17-31-39-27(6,7)28(8,9)40-31)14-16-29(30,38-21(2)36)18-22-10-12-24(32)13-11-22/h10-13,23H,14-19H2,1-9H3,(H,33,35)(H,34,37). The summed E-state index contributed by atoms with van der Waals surface area (Å²) in [5, 5.41) is 6.67. The van der Waals surface area contributed by atoms with Crippen LogP contribution in [0, 0.1) is 5.92 Å². The maximum atomic E-state index is 14.3. The third-order valence-corrected chi connectivity index (χ3v) is 8.70. The van der Waals surface area contributed by atoms with Crippen molar-refractivity contribution in [3.8, 4) is 0 Å². The Labute approximate surface area is 244 Å². The molecule has 1 saturated heterocycles. The van der Waals surface area contributed by atoms with Gasteiger partial charge in [-0.15, -0.1) is 0 Å². The highest BCUT2D eigenvalue weighted by Gasteiger charge is 2.63. The largest absolute Gasteiger partial charge is 0.457 e. The molecular weight excluding hydrogens is 531 g/mol. The summed E-state index contributed by atoms with van der Waals surface area (Å²) in [6.45, 7) is 16.5. The maximum Gasteiger partial charge on any atom is 0.457 e. The molecule has 3 rings (SSSR count). The lowest BCUT2D eigenvalue weighted by Gasteiger charge is -2.54. The monoisotopic (exact) mass is 576 g/mol. The fourth-order valence-electron chi connectivity index (χ4n) is 5.96. The number of carbonyl (C=O) groups excluding carboxylic acids is 3. The number of esters is 1. The Hall–Kier alpha value is -2.10. The summed E-state index contributed by atoms with van der Waals surface area (Å²) in [6.07, 6.45) is 3.00. The van der Waals surface area contributed by atoms with Gasteiger partial charge in [0.2, 0.25) is 11.8 Å². The number of amides is 2. The molecule has 222 valence electrons. The highest BCUT2D eigenvalue weighted by Crippen LogP contribution is 2.48. The van der Waals surface area contributed by atoms with E-state index in [4.69, 9.17) is 25.6 Å². The predicted octanol–water partition coefficient (Wildman–Crippen LogP) is 5.26. The van der Waals surface area contributed by atoms with E-state index in [9.17, 15) is 14.4 Å². The molecule has 0 spiro atoms. The second-order valence-electron chi connectivity index (χ2n) is 13.6. The molecule has 2 fully saturated rings. The van der Waals surface area contributed by atoms with E-state index in [1.165, 1.54) is 13.8 Å². The average molecular weight is 577 g/mol. The van der Waals surface area contributed by atoms with Gasteiger partial charge in [0, 0.05) is 30.8 Å². The fourth-order valence-corrected chi connectivity index (χ4v) is 6.09. The Kier molecular flexibility index (Phi) is 9.44. The van der Waals surface area contributed by atoms with Crippen LogP contribution >= 0.6 is 11.6 Å². The molecule has 0 radical (unpaired) electrons. The van der Waals surface area contributed by atoms with Gasteiger partial charge in [0.1, 0.15) is 5.60 Å². The van der Waals surface area contributed by atoms with Gasteiger partial charge in [-0.3, -0.25) is 14.4 Å². The summed E-state index contributed by atoms with van der Waals surface area (Å²) in [5.74, 6) is -1.21. The normalized spacial score (nSPS) is 27.6. The number of nitrogens with one attached hydrogen (secondary N) is 2. The molecule has 0 aromatic heterocycles. The van der Waals surface area contributed by atoms with Crippen molar-refractivity contribution in [2.75, 3.05) is 0 Å². The molecule has 10 heteroatoms. The second-order valence-corrected chi connectivity index (χ2v) is 14.0. The molecule has 40 heavy (non-hydrogen) atoms. The molecule has 1 aromatic carbocycles. The molecule has 2 N–H and O–H groups in total. The number of halogens is 1. The third-order valence-electron chi connectivity index (χ3n) is 8.45. The smallest absolute Gasteiger partial charge is 0.456 e. The number of hydrogen-bond donors (Lipinski definition) is 2. The van der Waals surface area contributed by atoms with Crippen molar-refractivity contribution >= 4 is 36.5 Å². The van der Waals surface area contributed by atoms with Crippen LogP contribution in [-0.4, -0.2) is 52.8 Å². The van der Waals surface area contributed by atoms with E-state index in [1.807, 2.05) is 60.6 Å². The summed E-state index contributed by atoms with van der Waals surface area (Å²) < 4.78 is 18.6. The second kappa shape index (κ2) is 11.6. The molecule has 8 nitrogen and oxygen atoms in total. The van der Waals surface area contributed by atoms with Crippen molar-refractivity contribution in [2.45, 2.75) is 129 Å². The Morgan fingerprint density at radius 2 is 1.62 bits per heavy atom. The van der Waals surface area contributed by atoms with Crippen molar-refractivity contribution in [1.29, 1.82) is 0 Å². The van der Waals surface area contributed by atoms with Crippen LogP contribution < -0.4 is 10.6 Å². The average Bonchev–Trinajstić information content (AvgIpc) is 3.00. The number of benzene rings is 1. The first-order valence-electron chi connectivity index (χ1n) is 14.2. The minimum atomic E-state index is -1.50. The van der Waals surface area contributed by atoms with Gasteiger partial charge in [0.15, 0.2) is 5.54 Å². The lowest BCUT2D eigenvalue weighted by Crippen LogP contribution is -2.76. The Balaban J connectivity index is 2.02. The first-order chi connectivity index (χ1) is 18.3. The van der Waals surface area contributed by atoms with E-state index in [2.05, 4.69) is 10.6 Å². The van der Waals surface area contributed by atoms with E-state index in [0.717, 1.165) is 12.0 Å². The van der Waals surface area contributed by atoms with Gasteiger partial charge >= 0.3 is 13.1 Å². The molecule has 1 saturated carbocycles. The number of carbonyl (C=O) groups is 3. The van der Waals surface area contributed by atoms with Crippen molar-refractivity contribution in [1.82, 2.24) is 10.6 Å². The van der Waals surface area contributed by atoms with Crippen LogP contribution in [0.4, 0.5) is 0 Å². The SMILES string of the molecule is CC(=O)NC1(C(=O)NC(C)(C)C)CC(CCB2OC(C)(C)C(C)(C)O2)CCC1(Cc1ccc(Cl)cc1)OC(C)=O.